The highest BCUT2D eigenvalue weighted by Gasteiger charge is 2.14. The molecule has 1 aliphatic heterocycles. The number of hydrogen-bond donors (Lipinski definition) is 2. The summed E-state index contributed by atoms with van der Waals surface area (Å²) in [4.78, 5) is 1.83. The number of nitrogens with zero attached hydrogens (tertiary/aromatic N) is 1. The fourth-order valence-electron chi connectivity index (χ4n) is 1.80. The van der Waals surface area contributed by atoms with Gasteiger partial charge in [-0.15, -0.1) is 0 Å². The molecule has 0 spiro atoms. The van der Waals surface area contributed by atoms with Crippen LogP contribution >= 0.6 is 0 Å². The second-order valence-electron chi connectivity index (χ2n) is 4.54. The van der Waals surface area contributed by atoms with Gasteiger partial charge in [-0.2, -0.15) is 0 Å². The predicted molar refractivity (Wildman–Crippen MR) is 75.2 cm³/mol. The van der Waals surface area contributed by atoms with E-state index in [9.17, 15) is 8.78 Å². The first-order valence-electron chi connectivity index (χ1n) is 6.05. The molecule has 1 aromatic carbocycles. The maximum atomic E-state index is 13.7. The lowest BCUT2D eigenvalue weighted by Crippen LogP contribution is -2.38. The van der Waals surface area contributed by atoms with Gasteiger partial charge in [0.25, 0.3) is 0 Å². The van der Waals surface area contributed by atoms with Crippen molar-refractivity contribution in [1.29, 1.82) is 0 Å². The van der Waals surface area contributed by atoms with E-state index in [0.29, 0.717) is 5.57 Å². The summed E-state index contributed by atoms with van der Waals surface area (Å²) in [6, 6.07) is 2.27. The number of likely N-dealkylation sites (N-methyl/N-ethyl adjacent to an activating group) is 1. The van der Waals surface area contributed by atoms with Gasteiger partial charge >= 0.3 is 0 Å². The number of hydrogen-bond acceptors (Lipinski definition) is 3. The van der Waals surface area contributed by atoms with Crippen LogP contribution < -0.4 is 11.5 Å². The average Bonchev–Trinajstić information content (AvgIpc) is 2.42. The summed E-state index contributed by atoms with van der Waals surface area (Å²) in [5.41, 5.74) is 12.3. The summed E-state index contributed by atoms with van der Waals surface area (Å²) in [5, 5.41) is 0. The number of allylic oxidation sites excluding steroid dienone is 3. The highest BCUT2D eigenvalue weighted by Crippen LogP contribution is 2.19. The molecule has 0 aliphatic carbocycles. The Morgan fingerprint density at radius 1 is 1.25 bits per heavy atom. The van der Waals surface area contributed by atoms with Gasteiger partial charge < -0.3 is 16.4 Å². The largest absolute Gasteiger partial charge is 0.396 e. The molecule has 4 N–H and O–H groups in total. The molecule has 2 rings (SSSR count). The van der Waals surface area contributed by atoms with Crippen molar-refractivity contribution in [2.24, 2.45) is 5.73 Å². The Morgan fingerprint density at radius 2 is 1.95 bits per heavy atom. The van der Waals surface area contributed by atoms with Crippen LogP contribution in [0.2, 0.25) is 0 Å². The second-order valence-corrected chi connectivity index (χ2v) is 4.54. The van der Waals surface area contributed by atoms with Gasteiger partial charge in [-0.1, -0.05) is 11.8 Å². The van der Waals surface area contributed by atoms with Gasteiger partial charge in [-0.25, -0.2) is 8.78 Å². The smallest absolute Gasteiger partial charge is 0.164 e. The molecule has 0 fully saturated rings. The average molecular weight is 275 g/mol. The molecule has 1 unspecified atom stereocenters. The van der Waals surface area contributed by atoms with Crippen LogP contribution in [-0.2, 0) is 0 Å². The summed E-state index contributed by atoms with van der Waals surface area (Å²) in [5.74, 6) is 3.70. The second kappa shape index (κ2) is 5.35. The SMILES string of the molecule is CC1=C(C#Cc2c(F)ccc(N)c2F)C=CC(N)N1C. The summed E-state index contributed by atoms with van der Waals surface area (Å²) >= 11 is 0. The van der Waals surface area contributed by atoms with Crippen LogP contribution in [0.3, 0.4) is 0 Å². The molecule has 0 aromatic heterocycles. The Morgan fingerprint density at radius 3 is 2.65 bits per heavy atom. The molecule has 20 heavy (non-hydrogen) atoms. The molecule has 5 heteroatoms. The van der Waals surface area contributed by atoms with Gasteiger partial charge in [-0.3, -0.25) is 0 Å². The minimum atomic E-state index is -0.833. The van der Waals surface area contributed by atoms with Crippen molar-refractivity contribution in [2.75, 3.05) is 12.8 Å². The zero-order valence-electron chi connectivity index (χ0n) is 11.2. The van der Waals surface area contributed by atoms with E-state index < -0.39 is 11.6 Å². The number of halogens is 2. The summed E-state index contributed by atoms with van der Waals surface area (Å²) in [6.07, 6.45) is 3.29. The van der Waals surface area contributed by atoms with Gasteiger partial charge in [0, 0.05) is 18.3 Å². The van der Waals surface area contributed by atoms with Crippen LogP contribution in [0.25, 0.3) is 0 Å². The first kappa shape index (κ1) is 14.1. The summed E-state index contributed by atoms with van der Waals surface area (Å²) in [7, 11) is 1.83. The molecule has 1 atom stereocenters. The number of rotatable bonds is 0. The lowest BCUT2D eigenvalue weighted by atomic mass is 10.1. The minimum absolute atomic E-state index is 0.125. The number of nitrogens with two attached hydrogens (primary N) is 2. The maximum Gasteiger partial charge on any atom is 0.164 e. The number of nitrogen functional groups attached to an aromatic ring is 1. The Balaban J connectivity index is 2.43. The Kier molecular flexibility index (Phi) is 3.77. The fourth-order valence-corrected chi connectivity index (χ4v) is 1.80. The van der Waals surface area contributed by atoms with Crippen LogP contribution in [0.1, 0.15) is 12.5 Å². The molecule has 0 radical (unpaired) electrons. The molecule has 1 aromatic rings. The van der Waals surface area contributed by atoms with Crippen molar-refractivity contribution >= 4 is 5.69 Å². The van der Waals surface area contributed by atoms with E-state index in [1.54, 1.807) is 12.2 Å². The summed E-state index contributed by atoms with van der Waals surface area (Å²) in [6.45, 7) is 1.85. The third kappa shape index (κ3) is 2.51. The highest BCUT2D eigenvalue weighted by atomic mass is 19.1. The van der Waals surface area contributed by atoms with Gasteiger partial charge in [-0.05, 0) is 31.2 Å². The van der Waals surface area contributed by atoms with Gasteiger partial charge in [0.2, 0.25) is 0 Å². The predicted octanol–water partition coefficient (Wildman–Crippen LogP) is 1.96. The molecule has 0 saturated heterocycles. The Hall–Kier alpha value is -2.32. The van der Waals surface area contributed by atoms with E-state index in [-0.39, 0.29) is 17.4 Å². The Bertz CT molecular complexity index is 666. The Labute approximate surface area is 116 Å². The first-order chi connectivity index (χ1) is 9.41. The third-order valence-corrected chi connectivity index (χ3v) is 3.27. The van der Waals surface area contributed by atoms with Crippen LogP contribution in [0.4, 0.5) is 14.5 Å². The molecule has 104 valence electrons. The van der Waals surface area contributed by atoms with E-state index in [0.717, 1.165) is 11.8 Å². The lowest BCUT2D eigenvalue weighted by Gasteiger charge is -2.28. The van der Waals surface area contributed by atoms with Crippen molar-refractivity contribution in [2.45, 2.75) is 13.1 Å². The van der Waals surface area contributed by atoms with Gasteiger partial charge in [0.1, 0.15) is 5.82 Å². The third-order valence-electron chi connectivity index (χ3n) is 3.27. The molecular weight excluding hydrogens is 260 g/mol. The molecular formula is C15H15F2N3. The van der Waals surface area contributed by atoms with Crippen molar-refractivity contribution in [1.82, 2.24) is 4.90 Å². The van der Waals surface area contributed by atoms with Crippen molar-refractivity contribution in [3.8, 4) is 11.8 Å². The number of anilines is 1. The monoisotopic (exact) mass is 275 g/mol. The maximum absolute atomic E-state index is 13.7. The van der Waals surface area contributed by atoms with Crippen molar-refractivity contribution in [3.63, 3.8) is 0 Å². The van der Waals surface area contributed by atoms with Gasteiger partial charge in [0.05, 0.1) is 17.4 Å². The normalized spacial score (nSPS) is 18.1. The molecule has 3 nitrogen and oxygen atoms in total. The molecule has 1 heterocycles. The quantitative estimate of drug-likeness (QED) is 0.562. The topological polar surface area (TPSA) is 55.3 Å². The standard InChI is InChI=1S/C15H15F2N3/c1-9-10(4-8-14(19)20(9)2)3-5-11-12(16)6-7-13(18)15(11)17/h4,6-8,14H,18-19H2,1-2H3. The molecule has 0 saturated carbocycles. The van der Waals surface area contributed by atoms with Crippen LogP contribution in [0.5, 0.6) is 0 Å². The zero-order chi connectivity index (χ0) is 14.9. The van der Waals surface area contributed by atoms with E-state index in [1.165, 1.54) is 6.07 Å². The van der Waals surface area contributed by atoms with E-state index in [1.807, 2.05) is 18.9 Å². The summed E-state index contributed by atoms with van der Waals surface area (Å²) < 4.78 is 27.3. The van der Waals surface area contributed by atoms with Gasteiger partial charge in [0.15, 0.2) is 5.82 Å². The molecule has 1 aliphatic rings. The highest BCUT2D eigenvalue weighted by molar-refractivity contribution is 5.53. The minimum Gasteiger partial charge on any atom is -0.396 e. The van der Waals surface area contributed by atoms with Crippen LogP contribution in [0, 0.1) is 23.5 Å². The van der Waals surface area contributed by atoms with E-state index >= 15 is 0 Å². The van der Waals surface area contributed by atoms with Crippen LogP contribution in [0.15, 0.2) is 35.6 Å². The van der Waals surface area contributed by atoms with Crippen LogP contribution in [-0.4, -0.2) is 18.1 Å². The van der Waals surface area contributed by atoms with Crippen molar-refractivity contribution < 1.29 is 8.78 Å². The molecule has 0 bridgehead atoms. The molecule has 0 amide bonds. The van der Waals surface area contributed by atoms with E-state index in [2.05, 4.69) is 11.8 Å². The zero-order valence-corrected chi connectivity index (χ0v) is 11.2. The first-order valence-corrected chi connectivity index (χ1v) is 6.05. The van der Waals surface area contributed by atoms with E-state index in [4.69, 9.17) is 11.5 Å². The van der Waals surface area contributed by atoms with Crippen molar-refractivity contribution in [3.05, 3.63) is 52.8 Å². The number of benzene rings is 1. The fraction of sp³-hybridized carbons (Fsp3) is 0.200. The lowest BCUT2D eigenvalue weighted by molar-refractivity contribution is 0.354.